The number of aromatic nitrogens is 2. The van der Waals surface area contributed by atoms with E-state index in [1.807, 2.05) is 24.3 Å². The Balaban J connectivity index is 0.00000242. The van der Waals surface area contributed by atoms with Crippen LogP contribution in [0, 0.1) is 0 Å². The zero-order valence-corrected chi connectivity index (χ0v) is 14.5. The monoisotopic (exact) mass is 386 g/mol. The molecule has 1 amide bonds. The number of unbranched alkanes of at least 4 members (excludes halogenated alkanes) is 2. The molecule has 0 radical (unpaired) electrons. The summed E-state index contributed by atoms with van der Waals surface area (Å²) in [5.41, 5.74) is 8.05. The zero-order valence-electron chi connectivity index (χ0n) is 12.1. The molecule has 2 rings (SSSR count). The predicted molar refractivity (Wildman–Crippen MR) is 96.6 cm³/mol. The summed E-state index contributed by atoms with van der Waals surface area (Å²) in [6.07, 6.45) is 5.24. The van der Waals surface area contributed by atoms with Crippen molar-refractivity contribution in [2.24, 2.45) is 0 Å². The van der Waals surface area contributed by atoms with Crippen molar-refractivity contribution in [3.63, 3.8) is 0 Å². The van der Waals surface area contributed by atoms with Crippen LogP contribution >= 0.6 is 28.3 Å². The van der Waals surface area contributed by atoms with Crippen LogP contribution in [0.1, 0.15) is 25.7 Å². The number of hydrogen-bond donors (Lipinski definition) is 3. The minimum atomic E-state index is 0. The van der Waals surface area contributed by atoms with Gasteiger partial charge in [0.15, 0.2) is 5.95 Å². The average Bonchev–Trinajstić information content (AvgIpc) is 2.91. The van der Waals surface area contributed by atoms with Crippen molar-refractivity contribution in [3.05, 3.63) is 30.5 Å². The van der Waals surface area contributed by atoms with E-state index in [9.17, 15) is 4.79 Å². The Bertz CT molecular complexity index is 603. The average molecular weight is 388 g/mol. The number of nitrogens with zero attached hydrogens (tertiary/aromatic N) is 1. The number of rotatable bonds is 7. The number of amides is 1. The van der Waals surface area contributed by atoms with E-state index in [1.54, 1.807) is 6.20 Å². The summed E-state index contributed by atoms with van der Waals surface area (Å²) in [5.74, 6) is 0.394. The van der Waals surface area contributed by atoms with Crippen LogP contribution < -0.4 is 11.1 Å². The van der Waals surface area contributed by atoms with Gasteiger partial charge in [0.05, 0.1) is 17.6 Å². The number of alkyl halides is 1. The van der Waals surface area contributed by atoms with Crippen molar-refractivity contribution >= 4 is 45.9 Å². The second kappa shape index (κ2) is 9.48. The number of aromatic amines is 1. The number of para-hydroxylation sites is 1. The van der Waals surface area contributed by atoms with Gasteiger partial charge in [0.2, 0.25) is 5.91 Å². The topological polar surface area (TPSA) is 83.8 Å². The highest BCUT2D eigenvalue weighted by Gasteiger charge is 2.09. The number of carbonyl (C=O) groups excluding carboxylic acids is 1. The number of halogens is 2. The van der Waals surface area contributed by atoms with Gasteiger partial charge >= 0.3 is 0 Å². The summed E-state index contributed by atoms with van der Waals surface area (Å²) in [4.78, 5) is 19.0. The number of nitrogens with one attached hydrogen (secondary N) is 2. The summed E-state index contributed by atoms with van der Waals surface area (Å²) < 4.78 is 0. The van der Waals surface area contributed by atoms with E-state index in [4.69, 9.17) is 5.73 Å². The second-order valence-corrected chi connectivity index (χ2v) is 5.57. The summed E-state index contributed by atoms with van der Waals surface area (Å²) in [5, 5.41) is 3.94. The molecule has 120 valence electrons. The van der Waals surface area contributed by atoms with E-state index < -0.39 is 0 Å². The van der Waals surface area contributed by atoms with E-state index in [0.717, 1.165) is 41.5 Å². The second-order valence-electron chi connectivity index (χ2n) is 4.78. The molecular weight excluding hydrogens is 368 g/mol. The fourth-order valence-corrected chi connectivity index (χ4v) is 2.47. The molecule has 0 saturated heterocycles. The van der Waals surface area contributed by atoms with Gasteiger partial charge in [-0.05, 0) is 18.9 Å². The summed E-state index contributed by atoms with van der Waals surface area (Å²) in [6, 6.07) is 7.61. The molecule has 0 atom stereocenters. The van der Waals surface area contributed by atoms with E-state index >= 15 is 0 Å². The lowest BCUT2D eigenvalue weighted by atomic mass is 10.1. The molecule has 0 bridgehead atoms. The normalized spacial score (nSPS) is 10.0. The molecule has 0 aliphatic carbocycles. The van der Waals surface area contributed by atoms with Gasteiger partial charge < -0.3 is 16.0 Å². The number of carbonyl (C=O) groups is 1. The molecule has 7 heteroatoms. The molecule has 0 spiro atoms. The van der Waals surface area contributed by atoms with Crippen molar-refractivity contribution in [2.75, 3.05) is 16.4 Å². The number of nitrogen functional groups attached to an aromatic ring is 1. The number of anilines is 2. The summed E-state index contributed by atoms with van der Waals surface area (Å²) in [7, 11) is 0. The Labute approximate surface area is 144 Å². The third-order valence-electron chi connectivity index (χ3n) is 3.12. The van der Waals surface area contributed by atoms with Gasteiger partial charge in [-0.1, -0.05) is 40.5 Å². The van der Waals surface area contributed by atoms with Gasteiger partial charge in [-0.25, -0.2) is 4.98 Å². The molecule has 0 aliphatic heterocycles. The maximum atomic E-state index is 12.0. The maximum absolute atomic E-state index is 12.0. The van der Waals surface area contributed by atoms with Crippen LogP contribution in [0.25, 0.3) is 11.3 Å². The van der Waals surface area contributed by atoms with Crippen LogP contribution in [0.5, 0.6) is 0 Å². The lowest BCUT2D eigenvalue weighted by molar-refractivity contribution is -0.116. The first kappa shape index (κ1) is 18.5. The van der Waals surface area contributed by atoms with Gasteiger partial charge in [0.1, 0.15) is 0 Å². The molecular formula is C15H20BrClN4O. The minimum absolute atomic E-state index is 0. The molecule has 0 unspecified atom stereocenters. The molecule has 2 aromatic rings. The van der Waals surface area contributed by atoms with E-state index in [-0.39, 0.29) is 18.3 Å². The highest BCUT2D eigenvalue weighted by Crippen LogP contribution is 2.26. The Morgan fingerprint density at radius 3 is 2.73 bits per heavy atom. The number of benzene rings is 1. The van der Waals surface area contributed by atoms with E-state index in [0.29, 0.717) is 12.4 Å². The third kappa shape index (κ3) is 5.35. The Kier molecular flexibility index (Phi) is 7.98. The van der Waals surface area contributed by atoms with Gasteiger partial charge in [-0.15, -0.1) is 12.4 Å². The lowest BCUT2D eigenvalue weighted by Crippen LogP contribution is -2.11. The number of imidazole rings is 1. The van der Waals surface area contributed by atoms with Crippen molar-refractivity contribution in [1.29, 1.82) is 0 Å². The quantitative estimate of drug-likeness (QED) is 0.496. The molecule has 0 saturated carbocycles. The van der Waals surface area contributed by atoms with Gasteiger partial charge in [0.25, 0.3) is 0 Å². The first-order chi connectivity index (χ1) is 10.2. The standard InChI is InChI=1S/C15H19BrN4O.ClH/c16-9-5-1-2-8-14(21)19-12-7-4-3-6-11(12)13-10-18-15(17)20-13;/h3-4,6-7,10H,1-2,5,8-9H2,(H,19,21)(H3,17,18,20);1H. The molecule has 5 nitrogen and oxygen atoms in total. The Hall–Kier alpha value is -1.53. The third-order valence-corrected chi connectivity index (χ3v) is 3.69. The van der Waals surface area contributed by atoms with Crippen molar-refractivity contribution in [3.8, 4) is 11.3 Å². The Morgan fingerprint density at radius 2 is 2.05 bits per heavy atom. The highest BCUT2D eigenvalue weighted by molar-refractivity contribution is 9.09. The highest BCUT2D eigenvalue weighted by atomic mass is 79.9. The molecule has 1 aromatic carbocycles. The van der Waals surface area contributed by atoms with Crippen LogP contribution in [-0.2, 0) is 4.79 Å². The molecule has 4 N–H and O–H groups in total. The number of nitrogens with two attached hydrogens (primary N) is 1. The fourth-order valence-electron chi connectivity index (χ4n) is 2.07. The lowest BCUT2D eigenvalue weighted by Gasteiger charge is -2.09. The van der Waals surface area contributed by atoms with E-state index in [1.165, 1.54) is 0 Å². The van der Waals surface area contributed by atoms with Gasteiger partial charge in [-0.3, -0.25) is 4.79 Å². The molecule has 1 aromatic heterocycles. The van der Waals surface area contributed by atoms with Crippen molar-refractivity contribution < 1.29 is 4.79 Å². The zero-order chi connectivity index (χ0) is 15.1. The first-order valence-corrected chi connectivity index (χ1v) is 8.08. The largest absolute Gasteiger partial charge is 0.369 e. The van der Waals surface area contributed by atoms with Crippen molar-refractivity contribution in [2.45, 2.75) is 25.7 Å². The molecule has 0 aliphatic rings. The molecule has 1 heterocycles. The SMILES string of the molecule is Cl.Nc1ncc(-c2ccccc2NC(=O)CCCCCBr)[nH]1. The first-order valence-electron chi connectivity index (χ1n) is 6.96. The Morgan fingerprint density at radius 1 is 1.27 bits per heavy atom. The minimum Gasteiger partial charge on any atom is -0.369 e. The number of hydrogen-bond acceptors (Lipinski definition) is 3. The van der Waals surface area contributed by atoms with Crippen LogP contribution in [0.2, 0.25) is 0 Å². The number of H-pyrrole nitrogens is 1. The smallest absolute Gasteiger partial charge is 0.224 e. The summed E-state index contributed by atoms with van der Waals surface area (Å²) in [6.45, 7) is 0. The maximum Gasteiger partial charge on any atom is 0.224 e. The van der Waals surface area contributed by atoms with Gasteiger partial charge in [-0.2, -0.15) is 0 Å². The summed E-state index contributed by atoms with van der Waals surface area (Å²) >= 11 is 3.39. The van der Waals surface area contributed by atoms with Crippen LogP contribution in [0.4, 0.5) is 11.6 Å². The van der Waals surface area contributed by atoms with E-state index in [2.05, 4.69) is 31.2 Å². The van der Waals surface area contributed by atoms with Crippen molar-refractivity contribution in [1.82, 2.24) is 9.97 Å². The fraction of sp³-hybridized carbons (Fsp3) is 0.333. The van der Waals surface area contributed by atoms with Gasteiger partial charge in [0, 0.05) is 17.3 Å². The van der Waals surface area contributed by atoms with Crippen LogP contribution in [-0.4, -0.2) is 21.2 Å². The van der Waals surface area contributed by atoms with Crippen LogP contribution in [0.3, 0.4) is 0 Å². The predicted octanol–water partition coefficient (Wildman–Crippen LogP) is 3.97. The molecule has 22 heavy (non-hydrogen) atoms. The molecule has 0 fully saturated rings. The van der Waals surface area contributed by atoms with Crippen LogP contribution in [0.15, 0.2) is 30.5 Å².